The SMILES string of the molecule is FC(F)(F)c1ccc(/C=N/NC(F)(F)C(F)(F)C(F)(F)F)cc1. The molecule has 0 aliphatic heterocycles. The van der Waals surface area contributed by atoms with Gasteiger partial charge in [0.25, 0.3) is 0 Å². The van der Waals surface area contributed by atoms with E-state index in [1.807, 2.05) is 0 Å². The van der Waals surface area contributed by atoms with Gasteiger partial charge in [0.15, 0.2) is 0 Å². The first-order chi connectivity index (χ1) is 10.2. The maximum atomic E-state index is 12.8. The zero-order chi connectivity index (χ0) is 18.1. The van der Waals surface area contributed by atoms with Crippen LogP contribution in [-0.4, -0.2) is 24.4 Å². The molecule has 0 aliphatic rings. The Hall–Kier alpha value is -2.01. The molecule has 0 amide bonds. The Bertz CT molecular complexity index is 556. The van der Waals surface area contributed by atoms with Gasteiger partial charge in [0.1, 0.15) is 0 Å². The number of benzene rings is 1. The van der Waals surface area contributed by atoms with Crippen LogP contribution in [0.15, 0.2) is 29.4 Å². The molecular weight excluding hydrogens is 350 g/mol. The Morgan fingerprint density at radius 1 is 0.783 bits per heavy atom. The molecule has 1 N–H and O–H groups in total. The van der Waals surface area contributed by atoms with Crippen LogP contribution < -0.4 is 5.43 Å². The average molecular weight is 356 g/mol. The summed E-state index contributed by atoms with van der Waals surface area (Å²) in [4.78, 5) is 0. The van der Waals surface area contributed by atoms with Crippen LogP contribution in [0.1, 0.15) is 11.1 Å². The lowest BCUT2D eigenvalue weighted by molar-refractivity contribution is -0.361. The van der Waals surface area contributed by atoms with Crippen LogP contribution in [0.2, 0.25) is 0 Å². The van der Waals surface area contributed by atoms with Crippen molar-refractivity contribution in [2.45, 2.75) is 24.3 Å². The highest BCUT2D eigenvalue weighted by molar-refractivity contribution is 5.79. The lowest BCUT2D eigenvalue weighted by Gasteiger charge is -2.27. The van der Waals surface area contributed by atoms with Crippen molar-refractivity contribution in [2.24, 2.45) is 5.10 Å². The van der Waals surface area contributed by atoms with Gasteiger partial charge >= 0.3 is 24.3 Å². The fourth-order valence-electron chi connectivity index (χ4n) is 1.19. The smallest absolute Gasteiger partial charge is 0.242 e. The van der Waals surface area contributed by atoms with Gasteiger partial charge in [0, 0.05) is 0 Å². The van der Waals surface area contributed by atoms with Crippen molar-refractivity contribution in [3.05, 3.63) is 35.4 Å². The summed E-state index contributed by atoms with van der Waals surface area (Å²) in [7, 11) is 0. The van der Waals surface area contributed by atoms with Gasteiger partial charge in [0.05, 0.1) is 11.8 Å². The van der Waals surface area contributed by atoms with Crippen LogP contribution in [0.25, 0.3) is 0 Å². The van der Waals surface area contributed by atoms with Crippen molar-refractivity contribution in [3.63, 3.8) is 0 Å². The molecule has 1 aromatic carbocycles. The first kappa shape index (κ1) is 19.0. The van der Waals surface area contributed by atoms with Crippen LogP contribution in [0.3, 0.4) is 0 Å². The first-order valence-corrected chi connectivity index (χ1v) is 5.48. The fourth-order valence-corrected chi connectivity index (χ4v) is 1.19. The summed E-state index contributed by atoms with van der Waals surface area (Å²) in [6.07, 6.45) is -10.8. The van der Waals surface area contributed by atoms with E-state index in [2.05, 4.69) is 5.10 Å². The number of nitrogens with zero attached hydrogens (tertiary/aromatic N) is 1. The van der Waals surface area contributed by atoms with Gasteiger partial charge in [-0.15, -0.1) is 0 Å². The van der Waals surface area contributed by atoms with E-state index in [9.17, 15) is 43.9 Å². The minimum absolute atomic E-state index is 0.239. The second kappa shape index (κ2) is 5.89. The predicted molar refractivity (Wildman–Crippen MR) is 58.1 cm³/mol. The number of rotatable bonds is 4. The molecule has 0 heterocycles. The molecule has 0 radical (unpaired) electrons. The maximum Gasteiger partial charge on any atom is 0.462 e. The molecule has 0 spiro atoms. The number of hydrazone groups is 1. The minimum Gasteiger partial charge on any atom is -0.242 e. The molecule has 12 heteroatoms. The molecule has 1 rings (SSSR count). The van der Waals surface area contributed by atoms with Crippen LogP contribution in [0.5, 0.6) is 0 Å². The Balaban J connectivity index is 2.83. The van der Waals surface area contributed by atoms with Crippen molar-refractivity contribution in [1.29, 1.82) is 0 Å². The largest absolute Gasteiger partial charge is 0.462 e. The topological polar surface area (TPSA) is 24.4 Å². The number of nitrogens with one attached hydrogen (secondary N) is 1. The maximum absolute atomic E-state index is 12.8. The minimum atomic E-state index is -6.52. The van der Waals surface area contributed by atoms with Gasteiger partial charge in [-0.05, 0) is 17.7 Å². The van der Waals surface area contributed by atoms with E-state index in [1.54, 1.807) is 0 Å². The number of hydrogen-bond donors (Lipinski definition) is 1. The standard InChI is InChI=1S/C11H6F10N2/c12-8(13,14)7-3-1-6(2-4-7)5-22-23-11(20,21)9(15,16)10(17,18)19/h1-5,23H/b22-5+. The molecule has 0 aliphatic carbocycles. The summed E-state index contributed by atoms with van der Waals surface area (Å²) in [5, 5.41) is 2.50. The highest BCUT2D eigenvalue weighted by atomic mass is 19.4. The summed E-state index contributed by atoms with van der Waals surface area (Å²) in [5.74, 6) is -6.39. The quantitative estimate of drug-likeness (QED) is 0.367. The van der Waals surface area contributed by atoms with E-state index in [4.69, 9.17) is 0 Å². The van der Waals surface area contributed by atoms with Crippen LogP contribution in [-0.2, 0) is 6.18 Å². The van der Waals surface area contributed by atoms with Gasteiger partial charge < -0.3 is 0 Å². The second-order valence-electron chi connectivity index (χ2n) is 4.14. The Morgan fingerprint density at radius 3 is 1.65 bits per heavy atom. The lowest BCUT2D eigenvalue weighted by atomic mass is 10.1. The Morgan fingerprint density at radius 2 is 1.26 bits per heavy atom. The number of halogens is 10. The van der Waals surface area contributed by atoms with Crippen LogP contribution in [0.4, 0.5) is 43.9 Å². The zero-order valence-electron chi connectivity index (χ0n) is 10.6. The molecular formula is C11H6F10N2. The van der Waals surface area contributed by atoms with Crippen molar-refractivity contribution in [3.8, 4) is 0 Å². The monoisotopic (exact) mass is 356 g/mol. The van der Waals surface area contributed by atoms with E-state index in [1.165, 1.54) is 0 Å². The fraction of sp³-hybridized carbons (Fsp3) is 0.364. The molecule has 2 nitrogen and oxygen atoms in total. The molecule has 0 saturated carbocycles. The predicted octanol–water partition coefficient (Wildman–Crippen LogP) is 4.42. The van der Waals surface area contributed by atoms with Gasteiger partial charge in [-0.1, -0.05) is 12.1 Å². The molecule has 0 saturated heterocycles. The van der Waals surface area contributed by atoms with E-state index in [0.717, 1.165) is 12.1 Å². The van der Waals surface area contributed by atoms with Crippen LogP contribution >= 0.6 is 0 Å². The van der Waals surface area contributed by atoms with Crippen molar-refractivity contribution >= 4 is 6.21 Å². The van der Waals surface area contributed by atoms with Gasteiger partial charge in [-0.3, -0.25) is 0 Å². The molecule has 0 unspecified atom stereocenters. The molecule has 0 aromatic heterocycles. The molecule has 0 atom stereocenters. The summed E-state index contributed by atoms with van der Waals surface area (Å²) in [5.41, 5.74) is -0.969. The molecule has 0 fully saturated rings. The molecule has 1 aromatic rings. The summed E-state index contributed by atoms with van der Waals surface area (Å²) in [6.45, 7) is 0. The third-order valence-corrected chi connectivity index (χ3v) is 2.41. The van der Waals surface area contributed by atoms with Crippen molar-refractivity contribution in [2.75, 3.05) is 0 Å². The highest BCUT2D eigenvalue weighted by Crippen LogP contribution is 2.44. The molecule has 130 valence electrons. The van der Waals surface area contributed by atoms with Gasteiger partial charge in [-0.25, -0.2) is 5.43 Å². The molecule has 0 bridgehead atoms. The number of alkyl halides is 10. The summed E-state index contributed by atoms with van der Waals surface area (Å²) in [6, 6.07) is -3.14. The van der Waals surface area contributed by atoms with E-state index in [-0.39, 0.29) is 5.56 Å². The lowest BCUT2D eigenvalue weighted by Crippen LogP contribution is -2.58. The third-order valence-electron chi connectivity index (χ3n) is 2.41. The van der Waals surface area contributed by atoms with E-state index >= 15 is 0 Å². The summed E-state index contributed by atoms with van der Waals surface area (Å²) < 4.78 is 123. The second-order valence-corrected chi connectivity index (χ2v) is 4.14. The zero-order valence-corrected chi connectivity index (χ0v) is 10.6. The molecule has 23 heavy (non-hydrogen) atoms. The van der Waals surface area contributed by atoms with Gasteiger partial charge in [-0.2, -0.15) is 49.0 Å². The third kappa shape index (κ3) is 4.26. The van der Waals surface area contributed by atoms with Gasteiger partial charge in [0.2, 0.25) is 0 Å². The van der Waals surface area contributed by atoms with Crippen LogP contribution in [0, 0.1) is 0 Å². The Kier molecular flexibility index (Phi) is 4.87. The van der Waals surface area contributed by atoms with E-state index in [0.29, 0.717) is 23.8 Å². The summed E-state index contributed by atoms with van der Waals surface area (Å²) >= 11 is 0. The average Bonchev–Trinajstić information content (AvgIpc) is 2.36. The first-order valence-electron chi connectivity index (χ1n) is 5.48. The highest BCUT2D eigenvalue weighted by Gasteiger charge is 2.73. The van der Waals surface area contributed by atoms with Crippen molar-refractivity contribution in [1.82, 2.24) is 5.43 Å². The Labute approximate surface area is 121 Å². The van der Waals surface area contributed by atoms with E-state index < -0.39 is 29.9 Å². The number of hydrogen-bond acceptors (Lipinski definition) is 2. The van der Waals surface area contributed by atoms with Crippen molar-refractivity contribution < 1.29 is 43.9 Å². The normalized spacial score (nSPS) is 14.3.